The summed E-state index contributed by atoms with van der Waals surface area (Å²) in [7, 11) is 1.52. The van der Waals surface area contributed by atoms with Crippen molar-refractivity contribution in [2.24, 2.45) is 0 Å². The van der Waals surface area contributed by atoms with Crippen LogP contribution in [0.25, 0.3) is 11.1 Å². The number of aromatic nitrogens is 2. The van der Waals surface area contributed by atoms with Crippen molar-refractivity contribution >= 4 is 11.8 Å². The normalized spacial score (nSPS) is 12.1. The molecule has 0 radical (unpaired) electrons. The van der Waals surface area contributed by atoms with Crippen LogP contribution in [-0.4, -0.2) is 34.0 Å². The highest BCUT2D eigenvalue weighted by atomic mass is 19.1. The third kappa shape index (κ3) is 7.00. The maximum Gasteiger partial charge on any atom is 0.257 e. The van der Waals surface area contributed by atoms with Crippen molar-refractivity contribution in [3.63, 3.8) is 0 Å². The Kier molecular flexibility index (Phi) is 8.99. The maximum atomic E-state index is 14.3. The van der Waals surface area contributed by atoms with E-state index in [1.807, 2.05) is 42.5 Å². The highest BCUT2D eigenvalue weighted by Crippen LogP contribution is 2.28. The summed E-state index contributed by atoms with van der Waals surface area (Å²) in [6.07, 6.45) is 1.00. The van der Waals surface area contributed by atoms with Crippen LogP contribution in [-0.2, 0) is 4.79 Å². The van der Waals surface area contributed by atoms with Crippen LogP contribution in [0.15, 0.2) is 116 Å². The minimum atomic E-state index is -1.76. The van der Waals surface area contributed by atoms with Gasteiger partial charge in [-0.05, 0) is 53.1 Å². The number of nitrogens with one attached hydrogen (secondary N) is 2. The second kappa shape index (κ2) is 13.4. The van der Waals surface area contributed by atoms with Gasteiger partial charge in [-0.1, -0.05) is 60.7 Å². The molecule has 43 heavy (non-hydrogen) atoms. The molecule has 3 N–H and O–H groups in total. The fourth-order valence-corrected chi connectivity index (χ4v) is 4.31. The maximum absolute atomic E-state index is 14.3. The lowest BCUT2D eigenvalue weighted by Crippen LogP contribution is -2.42. The van der Waals surface area contributed by atoms with Crippen molar-refractivity contribution in [3.05, 3.63) is 138 Å². The first-order chi connectivity index (χ1) is 20.9. The van der Waals surface area contributed by atoms with Gasteiger partial charge in [-0.3, -0.25) is 14.6 Å². The Morgan fingerprint density at radius 1 is 0.791 bits per heavy atom. The second-order valence-corrected chi connectivity index (χ2v) is 9.31. The van der Waals surface area contributed by atoms with E-state index in [0.29, 0.717) is 17.1 Å². The van der Waals surface area contributed by atoms with Gasteiger partial charge < -0.3 is 25.2 Å². The highest BCUT2D eigenvalue weighted by Gasteiger charge is 2.28. The van der Waals surface area contributed by atoms with E-state index in [2.05, 4.69) is 20.6 Å². The predicted molar refractivity (Wildman–Crippen MR) is 157 cm³/mol. The highest BCUT2D eigenvalue weighted by molar-refractivity contribution is 5.99. The summed E-state index contributed by atoms with van der Waals surface area (Å²) in [5, 5.41) is 15.6. The Labute approximate surface area is 247 Å². The average molecular weight is 579 g/mol. The summed E-state index contributed by atoms with van der Waals surface area (Å²) < 4.78 is 25.4. The smallest absolute Gasteiger partial charge is 0.257 e. The zero-order chi connectivity index (χ0) is 30.2. The molecule has 0 saturated carbocycles. The van der Waals surface area contributed by atoms with E-state index in [4.69, 9.17) is 9.47 Å². The SMILES string of the molecule is COc1cccc(Oc2ncccc2C(=O)NC(C(=O)NC(O)c2ncccc2F)c2ccc(-c3ccccc3)cc2)c1. The molecule has 2 amide bonds. The molecule has 216 valence electrons. The second-order valence-electron chi connectivity index (χ2n) is 9.31. The Bertz CT molecular complexity index is 1720. The van der Waals surface area contributed by atoms with Crippen molar-refractivity contribution in [1.29, 1.82) is 0 Å². The van der Waals surface area contributed by atoms with Gasteiger partial charge >= 0.3 is 0 Å². The number of aliphatic hydroxyl groups is 1. The first kappa shape index (κ1) is 28.9. The number of pyridine rings is 2. The topological polar surface area (TPSA) is 123 Å². The van der Waals surface area contributed by atoms with Gasteiger partial charge in [0.1, 0.15) is 34.6 Å². The zero-order valence-electron chi connectivity index (χ0n) is 23.0. The summed E-state index contributed by atoms with van der Waals surface area (Å²) in [6.45, 7) is 0. The minimum Gasteiger partial charge on any atom is -0.497 e. The van der Waals surface area contributed by atoms with Crippen molar-refractivity contribution < 1.29 is 28.6 Å². The standard InChI is InChI=1S/C33H27FN4O5/c1-42-24-10-5-11-25(20-24)43-33-26(12-6-19-36-33)30(39)37-28(31(40)38-32(41)29-27(34)13-7-18-35-29)23-16-14-22(15-17-23)21-8-3-2-4-9-21/h2-20,28,32,41H,1H3,(H,37,39)(H,38,40). The molecule has 0 bridgehead atoms. The lowest BCUT2D eigenvalue weighted by Gasteiger charge is -2.22. The number of rotatable bonds is 10. The molecule has 2 atom stereocenters. The molecule has 0 saturated heterocycles. The van der Waals surface area contributed by atoms with Crippen molar-refractivity contribution in [3.8, 4) is 28.5 Å². The van der Waals surface area contributed by atoms with Crippen molar-refractivity contribution in [1.82, 2.24) is 20.6 Å². The number of amides is 2. The molecule has 3 aromatic carbocycles. The number of nitrogens with zero attached hydrogens (tertiary/aromatic N) is 2. The fraction of sp³-hybridized carbons (Fsp3) is 0.0909. The first-order valence-corrected chi connectivity index (χ1v) is 13.2. The Morgan fingerprint density at radius 2 is 1.49 bits per heavy atom. The molecule has 5 aromatic rings. The molecule has 10 heteroatoms. The number of hydrogen-bond donors (Lipinski definition) is 3. The van der Waals surface area contributed by atoms with Gasteiger partial charge in [0.25, 0.3) is 5.91 Å². The van der Waals surface area contributed by atoms with Gasteiger partial charge in [0.15, 0.2) is 6.23 Å². The average Bonchev–Trinajstić information content (AvgIpc) is 3.04. The van der Waals surface area contributed by atoms with Crippen molar-refractivity contribution in [2.45, 2.75) is 12.3 Å². The number of carbonyl (C=O) groups excluding carboxylic acids is 2. The summed E-state index contributed by atoms with van der Waals surface area (Å²) >= 11 is 0. The fourth-order valence-electron chi connectivity index (χ4n) is 4.31. The molecule has 2 unspecified atom stereocenters. The number of aliphatic hydroxyl groups excluding tert-OH is 1. The van der Waals surface area contributed by atoms with Crippen molar-refractivity contribution in [2.75, 3.05) is 7.11 Å². The molecule has 0 aliphatic rings. The van der Waals surface area contributed by atoms with Gasteiger partial charge in [-0.25, -0.2) is 9.37 Å². The summed E-state index contributed by atoms with van der Waals surface area (Å²) in [6, 6.07) is 27.7. The van der Waals surface area contributed by atoms with E-state index >= 15 is 0 Å². The van der Waals surface area contributed by atoms with Gasteiger partial charge in [0, 0.05) is 18.5 Å². The number of ether oxygens (including phenoxy) is 2. The van der Waals surface area contributed by atoms with Crippen LogP contribution in [0, 0.1) is 5.82 Å². The molecule has 5 rings (SSSR count). The molecular formula is C33H27FN4O5. The predicted octanol–water partition coefficient (Wildman–Crippen LogP) is 5.36. The van der Waals surface area contributed by atoms with Gasteiger partial charge in [0.2, 0.25) is 11.8 Å². The lowest BCUT2D eigenvalue weighted by molar-refractivity contribution is -0.126. The van der Waals surface area contributed by atoms with E-state index < -0.39 is 29.9 Å². The Morgan fingerprint density at radius 3 is 2.23 bits per heavy atom. The van der Waals surface area contributed by atoms with E-state index in [0.717, 1.165) is 17.2 Å². The van der Waals surface area contributed by atoms with Crippen LogP contribution >= 0.6 is 0 Å². The summed E-state index contributed by atoms with van der Waals surface area (Å²) in [5.41, 5.74) is 1.97. The third-order valence-electron chi connectivity index (χ3n) is 6.49. The first-order valence-electron chi connectivity index (χ1n) is 13.2. The van der Waals surface area contributed by atoms with Crippen LogP contribution in [0.5, 0.6) is 17.4 Å². The summed E-state index contributed by atoms with van der Waals surface area (Å²) in [4.78, 5) is 35.1. The molecule has 0 aliphatic carbocycles. The number of benzene rings is 3. The number of methoxy groups -OCH3 is 1. The number of hydrogen-bond acceptors (Lipinski definition) is 7. The minimum absolute atomic E-state index is 0.00225. The van der Waals surface area contributed by atoms with Gasteiger partial charge in [-0.2, -0.15) is 0 Å². The van der Waals surface area contributed by atoms with Gasteiger partial charge in [-0.15, -0.1) is 0 Å². The summed E-state index contributed by atoms with van der Waals surface area (Å²) in [5.74, 6) is -1.31. The molecule has 0 aliphatic heterocycles. The van der Waals surface area contributed by atoms with Crippen LogP contribution in [0.4, 0.5) is 4.39 Å². The number of halogens is 1. The van der Waals surface area contributed by atoms with Gasteiger partial charge in [0.05, 0.1) is 7.11 Å². The van der Waals surface area contributed by atoms with Crippen LogP contribution < -0.4 is 20.1 Å². The van der Waals surface area contributed by atoms with E-state index in [1.54, 1.807) is 42.5 Å². The van der Waals surface area contributed by atoms with E-state index in [1.165, 1.54) is 31.6 Å². The molecule has 2 heterocycles. The van der Waals surface area contributed by atoms with E-state index in [-0.39, 0.29) is 17.1 Å². The Balaban J connectivity index is 1.43. The van der Waals surface area contributed by atoms with Crippen LogP contribution in [0.2, 0.25) is 0 Å². The molecule has 9 nitrogen and oxygen atoms in total. The molecular weight excluding hydrogens is 551 g/mol. The number of carbonyl (C=O) groups is 2. The quantitative estimate of drug-likeness (QED) is 0.191. The lowest BCUT2D eigenvalue weighted by atomic mass is 10.00. The molecule has 0 fully saturated rings. The zero-order valence-corrected chi connectivity index (χ0v) is 23.0. The van der Waals surface area contributed by atoms with E-state index in [9.17, 15) is 19.1 Å². The largest absolute Gasteiger partial charge is 0.497 e. The van der Waals surface area contributed by atoms with Crippen LogP contribution in [0.1, 0.15) is 33.9 Å². The molecule has 0 spiro atoms. The van der Waals surface area contributed by atoms with Crippen LogP contribution in [0.3, 0.4) is 0 Å². The molecule has 2 aromatic heterocycles. The monoisotopic (exact) mass is 578 g/mol. The third-order valence-corrected chi connectivity index (χ3v) is 6.49. The Hall–Kier alpha value is -5.61.